The fraction of sp³-hybridized carbons (Fsp3) is 0.474. The molecule has 5 nitrogen and oxygen atoms in total. The molecule has 136 valence electrons. The number of piperidine rings is 1. The monoisotopic (exact) mass is 362 g/mol. The molecule has 0 unspecified atom stereocenters. The molecule has 2 heterocycles. The second-order valence-corrected chi connectivity index (χ2v) is 6.56. The van der Waals surface area contributed by atoms with E-state index in [-0.39, 0.29) is 18.3 Å². The van der Waals surface area contributed by atoms with Crippen LogP contribution in [0, 0.1) is 12.8 Å². The highest BCUT2D eigenvalue weighted by Gasteiger charge is 2.23. The van der Waals surface area contributed by atoms with E-state index in [2.05, 4.69) is 10.4 Å². The molecule has 1 amide bonds. The first-order chi connectivity index (χ1) is 11.7. The quantitative estimate of drug-likeness (QED) is 0.889. The van der Waals surface area contributed by atoms with Crippen molar-refractivity contribution in [1.82, 2.24) is 20.0 Å². The summed E-state index contributed by atoms with van der Waals surface area (Å²) in [4.78, 5) is 14.7. The van der Waals surface area contributed by atoms with Gasteiger partial charge in [-0.25, -0.2) is 4.68 Å². The van der Waals surface area contributed by atoms with Crippen molar-refractivity contribution in [3.8, 4) is 5.69 Å². The summed E-state index contributed by atoms with van der Waals surface area (Å²) in [6.45, 7) is 4.82. The van der Waals surface area contributed by atoms with Crippen molar-refractivity contribution in [3.63, 3.8) is 0 Å². The van der Waals surface area contributed by atoms with Crippen LogP contribution in [-0.4, -0.2) is 47.3 Å². The molecule has 1 aromatic heterocycles. The third-order valence-electron chi connectivity index (χ3n) is 4.90. The van der Waals surface area contributed by atoms with E-state index < -0.39 is 0 Å². The summed E-state index contributed by atoms with van der Waals surface area (Å²) in [6, 6.07) is 9.72. The van der Waals surface area contributed by atoms with Gasteiger partial charge in [-0.05, 0) is 76.0 Å². The Bertz CT molecular complexity index is 675. The standard InChI is InChI=1S/C19H26N4O.ClH/c1-15-7-12-21-23(15)18-5-3-17(4-6-18)19(24)22-13-9-16(10-14-22)8-11-20-2;/h3-7,12,16,20H,8-11,13-14H2,1-2H3;1H. The number of halogens is 1. The number of carbonyl (C=O) groups is 1. The fourth-order valence-corrected chi connectivity index (χ4v) is 3.34. The van der Waals surface area contributed by atoms with Crippen LogP contribution in [0.15, 0.2) is 36.5 Å². The first-order valence-electron chi connectivity index (χ1n) is 8.74. The van der Waals surface area contributed by atoms with Gasteiger partial charge in [0.1, 0.15) is 0 Å². The Balaban J connectivity index is 0.00000225. The average Bonchev–Trinajstić information content (AvgIpc) is 3.06. The Kier molecular flexibility index (Phi) is 7.02. The van der Waals surface area contributed by atoms with Gasteiger partial charge in [-0.2, -0.15) is 5.10 Å². The van der Waals surface area contributed by atoms with Crippen LogP contribution >= 0.6 is 12.4 Å². The number of likely N-dealkylation sites (tertiary alicyclic amines) is 1. The maximum absolute atomic E-state index is 12.7. The third-order valence-corrected chi connectivity index (χ3v) is 4.90. The highest BCUT2D eigenvalue weighted by Crippen LogP contribution is 2.22. The number of hydrogen-bond donors (Lipinski definition) is 1. The van der Waals surface area contributed by atoms with Crippen molar-refractivity contribution >= 4 is 18.3 Å². The van der Waals surface area contributed by atoms with Gasteiger partial charge in [-0.3, -0.25) is 4.79 Å². The van der Waals surface area contributed by atoms with E-state index in [1.54, 1.807) is 6.20 Å². The normalized spacial score (nSPS) is 15.0. The Labute approximate surface area is 155 Å². The molecule has 1 saturated heterocycles. The summed E-state index contributed by atoms with van der Waals surface area (Å²) >= 11 is 0. The summed E-state index contributed by atoms with van der Waals surface area (Å²) in [7, 11) is 1.99. The maximum Gasteiger partial charge on any atom is 0.253 e. The van der Waals surface area contributed by atoms with Crippen LogP contribution in [0.2, 0.25) is 0 Å². The van der Waals surface area contributed by atoms with Crippen LogP contribution in [0.25, 0.3) is 5.69 Å². The Hall–Kier alpha value is -1.85. The fourth-order valence-electron chi connectivity index (χ4n) is 3.34. The molecule has 2 aromatic rings. The molecule has 0 saturated carbocycles. The summed E-state index contributed by atoms with van der Waals surface area (Å²) in [5.41, 5.74) is 2.83. The van der Waals surface area contributed by atoms with E-state index in [1.165, 1.54) is 6.42 Å². The maximum atomic E-state index is 12.7. The van der Waals surface area contributed by atoms with Crippen LogP contribution in [0.3, 0.4) is 0 Å². The van der Waals surface area contributed by atoms with Gasteiger partial charge in [0.2, 0.25) is 0 Å². The number of amides is 1. The number of nitrogens with zero attached hydrogens (tertiary/aromatic N) is 3. The first kappa shape index (κ1) is 19.5. The van der Waals surface area contributed by atoms with E-state index in [1.807, 2.05) is 53.9 Å². The number of aryl methyl sites for hydroxylation is 1. The molecule has 1 aromatic carbocycles. The van der Waals surface area contributed by atoms with Crippen LogP contribution < -0.4 is 5.32 Å². The zero-order valence-corrected chi connectivity index (χ0v) is 15.8. The third kappa shape index (κ3) is 4.61. The number of nitrogens with one attached hydrogen (secondary N) is 1. The van der Waals surface area contributed by atoms with Crippen LogP contribution in [0.5, 0.6) is 0 Å². The molecule has 25 heavy (non-hydrogen) atoms. The lowest BCUT2D eigenvalue weighted by Crippen LogP contribution is -2.38. The van der Waals surface area contributed by atoms with E-state index in [9.17, 15) is 4.79 Å². The first-order valence-corrected chi connectivity index (χ1v) is 8.74. The summed E-state index contributed by atoms with van der Waals surface area (Å²) in [5.74, 6) is 0.887. The lowest BCUT2D eigenvalue weighted by atomic mass is 9.93. The lowest BCUT2D eigenvalue weighted by molar-refractivity contribution is 0.0687. The van der Waals surface area contributed by atoms with Crippen molar-refractivity contribution in [2.45, 2.75) is 26.2 Å². The largest absolute Gasteiger partial charge is 0.339 e. The van der Waals surface area contributed by atoms with E-state index in [0.717, 1.165) is 55.3 Å². The minimum atomic E-state index is 0. The predicted octanol–water partition coefficient (Wildman–Crippen LogP) is 3.06. The van der Waals surface area contributed by atoms with Crippen molar-refractivity contribution in [3.05, 3.63) is 47.8 Å². The van der Waals surface area contributed by atoms with E-state index in [4.69, 9.17) is 0 Å². The van der Waals surface area contributed by atoms with Crippen molar-refractivity contribution in [2.75, 3.05) is 26.7 Å². The molecule has 3 rings (SSSR count). The Morgan fingerprint density at radius 3 is 2.44 bits per heavy atom. The van der Waals surface area contributed by atoms with Gasteiger partial charge >= 0.3 is 0 Å². The molecule has 1 aliphatic heterocycles. The molecule has 0 radical (unpaired) electrons. The molecule has 0 spiro atoms. The molecule has 0 atom stereocenters. The Morgan fingerprint density at radius 2 is 1.88 bits per heavy atom. The SMILES string of the molecule is CNCCC1CCN(C(=O)c2ccc(-n3nccc3C)cc2)CC1.Cl. The van der Waals surface area contributed by atoms with Gasteiger partial charge in [0.05, 0.1) is 5.69 Å². The van der Waals surface area contributed by atoms with Gasteiger partial charge in [-0.1, -0.05) is 0 Å². The van der Waals surface area contributed by atoms with Crippen molar-refractivity contribution < 1.29 is 4.79 Å². The second-order valence-electron chi connectivity index (χ2n) is 6.56. The van der Waals surface area contributed by atoms with Gasteiger partial charge in [0.25, 0.3) is 5.91 Å². The average molecular weight is 363 g/mol. The van der Waals surface area contributed by atoms with Crippen LogP contribution in [-0.2, 0) is 0 Å². The molecule has 6 heteroatoms. The topological polar surface area (TPSA) is 50.2 Å². The number of hydrogen-bond acceptors (Lipinski definition) is 3. The number of rotatable bonds is 5. The molecular weight excluding hydrogens is 336 g/mol. The summed E-state index contributed by atoms with van der Waals surface area (Å²) < 4.78 is 1.88. The van der Waals surface area contributed by atoms with Gasteiger partial charge in [-0.15, -0.1) is 12.4 Å². The summed E-state index contributed by atoms with van der Waals surface area (Å²) in [5, 5.41) is 7.51. The van der Waals surface area contributed by atoms with Crippen molar-refractivity contribution in [1.29, 1.82) is 0 Å². The van der Waals surface area contributed by atoms with Gasteiger partial charge < -0.3 is 10.2 Å². The number of carbonyl (C=O) groups excluding carboxylic acids is 1. The van der Waals surface area contributed by atoms with E-state index >= 15 is 0 Å². The number of benzene rings is 1. The van der Waals surface area contributed by atoms with Crippen LogP contribution in [0.4, 0.5) is 0 Å². The van der Waals surface area contributed by atoms with E-state index in [0.29, 0.717) is 0 Å². The zero-order chi connectivity index (χ0) is 16.9. The Morgan fingerprint density at radius 1 is 1.20 bits per heavy atom. The minimum Gasteiger partial charge on any atom is -0.339 e. The van der Waals surface area contributed by atoms with Crippen molar-refractivity contribution in [2.24, 2.45) is 5.92 Å². The highest BCUT2D eigenvalue weighted by atomic mass is 35.5. The second kappa shape index (κ2) is 9.02. The smallest absolute Gasteiger partial charge is 0.253 e. The number of aromatic nitrogens is 2. The lowest BCUT2D eigenvalue weighted by Gasteiger charge is -2.32. The predicted molar refractivity (Wildman–Crippen MR) is 103 cm³/mol. The molecular formula is C19H27ClN4O. The van der Waals surface area contributed by atoms with Gasteiger partial charge in [0.15, 0.2) is 0 Å². The summed E-state index contributed by atoms with van der Waals surface area (Å²) in [6.07, 6.45) is 5.21. The molecule has 0 aliphatic carbocycles. The minimum absolute atomic E-state index is 0. The highest BCUT2D eigenvalue weighted by molar-refractivity contribution is 5.94. The van der Waals surface area contributed by atoms with Gasteiger partial charge in [0, 0.05) is 30.5 Å². The zero-order valence-electron chi connectivity index (χ0n) is 14.9. The molecule has 1 N–H and O–H groups in total. The molecule has 1 fully saturated rings. The van der Waals surface area contributed by atoms with Crippen LogP contribution in [0.1, 0.15) is 35.3 Å². The molecule has 0 bridgehead atoms. The molecule has 1 aliphatic rings.